The lowest BCUT2D eigenvalue weighted by atomic mass is 10.2. The van der Waals surface area contributed by atoms with Crippen LogP contribution >= 0.6 is 15.9 Å². The third kappa shape index (κ3) is 2.63. The van der Waals surface area contributed by atoms with Crippen molar-refractivity contribution < 1.29 is 4.79 Å². The normalized spacial score (nSPS) is 10.5. The summed E-state index contributed by atoms with van der Waals surface area (Å²) >= 11 is 3.34. The maximum atomic E-state index is 12.4. The topological polar surface area (TPSA) is 64.2 Å². The van der Waals surface area contributed by atoms with E-state index in [1.165, 1.54) is 4.90 Å². The first kappa shape index (κ1) is 13.6. The van der Waals surface area contributed by atoms with Crippen molar-refractivity contribution in [2.75, 3.05) is 17.7 Å². The van der Waals surface area contributed by atoms with E-state index in [1.54, 1.807) is 37.0 Å². The molecular formula is C13H15BrN4O. The van der Waals surface area contributed by atoms with Gasteiger partial charge in [0.2, 0.25) is 0 Å². The van der Waals surface area contributed by atoms with Crippen molar-refractivity contribution in [2.45, 2.75) is 6.92 Å². The molecule has 5 nitrogen and oxygen atoms in total. The molecule has 0 saturated carbocycles. The summed E-state index contributed by atoms with van der Waals surface area (Å²) in [5, 5.41) is 4.18. The Morgan fingerprint density at radius 2 is 2.11 bits per heavy atom. The molecule has 0 aliphatic rings. The van der Waals surface area contributed by atoms with E-state index >= 15 is 0 Å². The summed E-state index contributed by atoms with van der Waals surface area (Å²) in [6.45, 7) is 1.85. The van der Waals surface area contributed by atoms with Crippen LogP contribution in [0.1, 0.15) is 16.2 Å². The Labute approximate surface area is 120 Å². The van der Waals surface area contributed by atoms with Crippen LogP contribution in [0.2, 0.25) is 0 Å². The number of benzene rings is 1. The fourth-order valence-electron chi connectivity index (χ4n) is 1.92. The van der Waals surface area contributed by atoms with E-state index in [9.17, 15) is 4.79 Å². The summed E-state index contributed by atoms with van der Waals surface area (Å²) in [4.78, 5) is 13.9. The van der Waals surface area contributed by atoms with Crippen molar-refractivity contribution in [1.82, 2.24) is 9.78 Å². The molecule has 1 heterocycles. The highest BCUT2D eigenvalue weighted by molar-refractivity contribution is 9.10. The Morgan fingerprint density at radius 3 is 2.63 bits per heavy atom. The molecule has 2 aromatic rings. The maximum absolute atomic E-state index is 12.4. The number of nitrogen functional groups attached to an aromatic ring is 1. The molecule has 1 aromatic carbocycles. The minimum Gasteiger partial charge on any atom is -0.397 e. The smallest absolute Gasteiger partial charge is 0.276 e. The largest absolute Gasteiger partial charge is 0.397 e. The minimum atomic E-state index is -0.142. The van der Waals surface area contributed by atoms with Crippen molar-refractivity contribution in [1.29, 1.82) is 0 Å². The van der Waals surface area contributed by atoms with Crippen LogP contribution in [0, 0.1) is 6.92 Å². The molecule has 0 unspecified atom stereocenters. The molecule has 100 valence electrons. The van der Waals surface area contributed by atoms with Gasteiger partial charge in [-0.25, -0.2) is 0 Å². The van der Waals surface area contributed by atoms with Crippen LogP contribution in [0.15, 0.2) is 28.7 Å². The molecule has 6 heteroatoms. The predicted octanol–water partition coefficient (Wildman–Crippen LogP) is 2.35. The molecule has 0 atom stereocenters. The lowest BCUT2D eigenvalue weighted by Crippen LogP contribution is -2.28. The van der Waals surface area contributed by atoms with E-state index < -0.39 is 0 Å². The molecule has 0 spiro atoms. The minimum absolute atomic E-state index is 0.142. The quantitative estimate of drug-likeness (QED) is 0.863. The summed E-state index contributed by atoms with van der Waals surface area (Å²) in [6.07, 6.45) is 0. The number of anilines is 2. The van der Waals surface area contributed by atoms with Crippen molar-refractivity contribution in [2.24, 2.45) is 7.05 Å². The molecule has 1 amide bonds. The third-order valence-electron chi connectivity index (χ3n) is 2.88. The van der Waals surface area contributed by atoms with Gasteiger partial charge in [0, 0.05) is 18.6 Å². The van der Waals surface area contributed by atoms with Gasteiger partial charge in [0.25, 0.3) is 5.91 Å². The zero-order valence-corrected chi connectivity index (χ0v) is 12.6. The average molecular weight is 323 g/mol. The number of amides is 1. The van der Waals surface area contributed by atoms with Gasteiger partial charge in [-0.1, -0.05) is 15.9 Å². The molecule has 2 N–H and O–H groups in total. The van der Waals surface area contributed by atoms with Crippen LogP contribution in [-0.4, -0.2) is 22.7 Å². The van der Waals surface area contributed by atoms with Crippen LogP contribution in [0.3, 0.4) is 0 Å². The highest BCUT2D eigenvalue weighted by Crippen LogP contribution is 2.26. The van der Waals surface area contributed by atoms with Crippen LogP contribution in [-0.2, 0) is 7.05 Å². The van der Waals surface area contributed by atoms with Crippen molar-refractivity contribution in [3.63, 3.8) is 0 Å². The molecule has 0 radical (unpaired) electrons. The molecule has 19 heavy (non-hydrogen) atoms. The van der Waals surface area contributed by atoms with Gasteiger partial charge in [-0.2, -0.15) is 5.10 Å². The fourth-order valence-corrected chi connectivity index (χ4v) is 2.30. The number of carbonyl (C=O) groups is 1. The second kappa shape index (κ2) is 5.05. The first-order valence-corrected chi connectivity index (χ1v) is 6.53. The number of nitrogens with two attached hydrogens (primary N) is 1. The molecule has 0 aliphatic heterocycles. The summed E-state index contributed by atoms with van der Waals surface area (Å²) in [6, 6.07) is 7.19. The Balaban J connectivity index is 2.36. The van der Waals surface area contributed by atoms with Crippen molar-refractivity contribution in [3.8, 4) is 0 Å². The number of hydrogen-bond acceptors (Lipinski definition) is 3. The number of aryl methyl sites for hydroxylation is 2. The highest BCUT2D eigenvalue weighted by atomic mass is 79.9. The fraction of sp³-hybridized carbons (Fsp3) is 0.231. The van der Waals surface area contributed by atoms with E-state index in [1.807, 2.05) is 13.0 Å². The Morgan fingerprint density at radius 1 is 1.42 bits per heavy atom. The second-order valence-electron chi connectivity index (χ2n) is 4.36. The molecule has 0 saturated heterocycles. The summed E-state index contributed by atoms with van der Waals surface area (Å²) in [5.41, 5.74) is 8.49. The van der Waals surface area contributed by atoms with Gasteiger partial charge in [-0.05, 0) is 31.2 Å². The van der Waals surface area contributed by atoms with Crippen LogP contribution in [0.5, 0.6) is 0 Å². The van der Waals surface area contributed by atoms with Gasteiger partial charge in [0.1, 0.15) is 5.69 Å². The number of aromatic nitrogens is 2. The molecule has 1 aromatic heterocycles. The molecule has 0 fully saturated rings. The number of hydrogen-bond donors (Lipinski definition) is 1. The van der Waals surface area contributed by atoms with Gasteiger partial charge in [-0.3, -0.25) is 9.48 Å². The van der Waals surface area contributed by atoms with Gasteiger partial charge in [0.15, 0.2) is 0 Å². The summed E-state index contributed by atoms with van der Waals surface area (Å²) < 4.78 is 2.45. The van der Waals surface area contributed by atoms with Crippen molar-refractivity contribution in [3.05, 3.63) is 40.1 Å². The molecule has 0 aliphatic carbocycles. The Hall–Kier alpha value is -1.82. The number of carbonyl (C=O) groups excluding carboxylic acids is 1. The molecule has 0 bridgehead atoms. The Kier molecular flexibility index (Phi) is 3.61. The van der Waals surface area contributed by atoms with Crippen molar-refractivity contribution >= 4 is 33.2 Å². The lowest BCUT2D eigenvalue weighted by Gasteiger charge is -2.19. The Bertz CT molecular complexity index is 636. The first-order valence-electron chi connectivity index (χ1n) is 5.74. The van der Waals surface area contributed by atoms with E-state index in [4.69, 9.17) is 5.73 Å². The van der Waals surface area contributed by atoms with E-state index in [0.29, 0.717) is 17.1 Å². The summed E-state index contributed by atoms with van der Waals surface area (Å²) in [7, 11) is 3.45. The maximum Gasteiger partial charge on any atom is 0.276 e. The second-order valence-corrected chi connectivity index (χ2v) is 5.28. The van der Waals surface area contributed by atoms with E-state index in [2.05, 4.69) is 21.0 Å². The molecular weight excluding hydrogens is 308 g/mol. The predicted molar refractivity (Wildman–Crippen MR) is 79.2 cm³/mol. The van der Waals surface area contributed by atoms with E-state index in [-0.39, 0.29) is 5.91 Å². The first-order chi connectivity index (χ1) is 8.90. The van der Waals surface area contributed by atoms with Crippen LogP contribution in [0.25, 0.3) is 0 Å². The van der Waals surface area contributed by atoms with Crippen LogP contribution < -0.4 is 10.6 Å². The van der Waals surface area contributed by atoms with Crippen LogP contribution in [0.4, 0.5) is 11.4 Å². The van der Waals surface area contributed by atoms with Gasteiger partial charge in [-0.15, -0.1) is 0 Å². The summed E-state index contributed by atoms with van der Waals surface area (Å²) in [5.74, 6) is -0.142. The molecule has 2 rings (SSSR count). The zero-order valence-electron chi connectivity index (χ0n) is 11.0. The standard InChI is InChI=1S/C13H15BrN4O/c1-8-6-12(18(3)16-8)13(19)17(2)11-5-4-9(14)7-10(11)15/h4-7H,15H2,1-3H3. The number of rotatable bonds is 2. The lowest BCUT2D eigenvalue weighted by molar-refractivity contribution is 0.0984. The highest BCUT2D eigenvalue weighted by Gasteiger charge is 2.19. The average Bonchev–Trinajstić information content (AvgIpc) is 2.67. The zero-order chi connectivity index (χ0) is 14.2. The number of nitrogens with zero attached hydrogens (tertiary/aromatic N) is 3. The SMILES string of the molecule is Cc1cc(C(=O)N(C)c2ccc(Br)cc2N)n(C)n1. The van der Waals surface area contributed by atoms with Gasteiger partial charge < -0.3 is 10.6 Å². The third-order valence-corrected chi connectivity index (χ3v) is 3.37. The van der Waals surface area contributed by atoms with Gasteiger partial charge in [0.05, 0.1) is 17.1 Å². The number of halogens is 1. The van der Waals surface area contributed by atoms with E-state index in [0.717, 1.165) is 10.2 Å². The van der Waals surface area contributed by atoms with Gasteiger partial charge >= 0.3 is 0 Å². The monoisotopic (exact) mass is 322 g/mol.